The van der Waals surface area contributed by atoms with Gasteiger partial charge in [0.2, 0.25) is 11.9 Å². The summed E-state index contributed by atoms with van der Waals surface area (Å²) in [4.78, 5) is 32.3. The first-order valence-electron chi connectivity index (χ1n) is 5.78. The molecule has 1 fully saturated rings. The van der Waals surface area contributed by atoms with Crippen LogP contribution in [0.5, 0.6) is 0 Å². The number of thioether (sulfide) groups is 1. The minimum absolute atomic E-state index is 0.0375. The van der Waals surface area contributed by atoms with Gasteiger partial charge in [0.05, 0.1) is 6.54 Å². The third-order valence-corrected chi connectivity index (χ3v) is 3.71. The van der Waals surface area contributed by atoms with Crippen molar-refractivity contribution in [3.8, 4) is 0 Å². The molecule has 1 saturated heterocycles. The van der Waals surface area contributed by atoms with Crippen LogP contribution < -0.4 is 5.32 Å². The summed E-state index contributed by atoms with van der Waals surface area (Å²) in [6.07, 6.45) is 3.06. The van der Waals surface area contributed by atoms with Gasteiger partial charge in [-0.3, -0.25) is 19.8 Å². The van der Waals surface area contributed by atoms with Crippen molar-refractivity contribution in [1.82, 2.24) is 14.9 Å². The summed E-state index contributed by atoms with van der Waals surface area (Å²) in [5, 5.41) is 11.6. The van der Waals surface area contributed by atoms with E-state index >= 15 is 0 Å². The van der Waals surface area contributed by atoms with E-state index in [4.69, 9.17) is 5.11 Å². The molecule has 0 radical (unpaired) electrons. The second-order valence-corrected chi connectivity index (χ2v) is 5.17. The molecule has 0 aliphatic carbocycles. The normalized spacial score (nSPS) is 19.9. The van der Waals surface area contributed by atoms with Gasteiger partial charge in [0, 0.05) is 30.4 Å². The Bertz CT molecular complexity index is 457. The fourth-order valence-electron chi connectivity index (χ4n) is 1.77. The molecule has 2 N–H and O–H groups in total. The molecule has 2 rings (SSSR count). The largest absolute Gasteiger partial charge is 0.480 e. The second-order valence-electron chi connectivity index (χ2n) is 4.02. The first-order valence-corrected chi connectivity index (χ1v) is 6.94. The van der Waals surface area contributed by atoms with Crippen molar-refractivity contribution in [3.05, 3.63) is 18.5 Å². The van der Waals surface area contributed by atoms with Crippen LogP contribution in [0.3, 0.4) is 0 Å². The quantitative estimate of drug-likeness (QED) is 0.797. The molecular formula is C11H14N4O3S. The summed E-state index contributed by atoms with van der Waals surface area (Å²) in [7, 11) is 0. The van der Waals surface area contributed by atoms with Gasteiger partial charge in [-0.25, -0.2) is 9.97 Å². The Labute approximate surface area is 114 Å². The van der Waals surface area contributed by atoms with Crippen molar-refractivity contribution < 1.29 is 14.7 Å². The Balaban J connectivity index is 1.92. The van der Waals surface area contributed by atoms with Gasteiger partial charge in [0.1, 0.15) is 6.04 Å². The fraction of sp³-hybridized carbons (Fsp3) is 0.455. The maximum absolute atomic E-state index is 11.8. The molecule has 0 aromatic carbocycles. The van der Waals surface area contributed by atoms with E-state index < -0.39 is 12.0 Å². The van der Waals surface area contributed by atoms with Gasteiger partial charge in [-0.2, -0.15) is 11.8 Å². The zero-order valence-corrected chi connectivity index (χ0v) is 11.0. The molecule has 19 heavy (non-hydrogen) atoms. The lowest BCUT2D eigenvalue weighted by atomic mass is 10.2. The summed E-state index contributed by atoms with van der Waals surface area (Å²) < 4.78 is 0. The van der Waals surface area contributed by atoms with Gasteiger partial charge in [-0.05, 0) is 6.07 Å². The SMILES string of the molecule is O=C(CN1CCSCC1C(=O)O)Nc1ncccn1. The Hall–Kier alpha value is -1.67. The Morgan fingerprint density at radius 3 is 2.89 bits per heavy atom. The molecule has 1 aliphatic rings. The van der Waals surface area contributed by atoms with Crippen molar-refractivity contribution >= 4 is 29.6 Å². The third kappa shape index (κ3) is 3.90. The van der Waals surface area contributed by atoms with E-state index in [1.54, 1.807) is 22.7 Å². The van der Waals surface area contributed by atoms with E-state index in [9.17, 15) is 9.59 Å². The summed E-state index contributed by atoms with van der Waals surface area (Å²) in [5.41, 5.74) is 0. The summed E-state index contributed by atoms with van der Waals surface area (Å²) in [5.74, 6) is 0.370. The van der Waals surface area contributed by atoms with Crippen molar-refractivity contribution in [3.63, 3.8) is 0 Å². The molecule has 0 bridgehead atoms. The van der Waals surface area contributed by atoms with Crippen molar-refractivity contribution in [2.45, 2.75) is 6.04 Å². The van der Waals surface area contributed by atoms with E-state index in [0.717, 1.165) is 5.75 Å². The minimum atomic E-state index is -0.893. The monoisotopic (exact) mass is 282 g/mol. The van der Waals surface area contributed by atoms with Crippen LogP contribution >= 0.6 is 11.8 Å². The molecule has 1 unspecified atom stereocenters. The highest BCUT2D eigenvalue weighted by atomic mass is 32.2. The first-order chi connectivity index (χ1) is 9.16. The summed E-state index contributed by atoms with van der Waals surface area (Å²) >= 11 is 1.59. The summed E-state index contributed by atoms with van der Waals surface area (Å²) in [6, 6.07) is 1.04. The van der Waals surface area contributed by atoms with Gasteiger partial charge in [-0.15, -0.1) is 0 Å². The molecule has 1 aliphatic heterocycles. The number of aromatic nitrogens is 2. The molecule has 0 saturated carbocycles. The zero-order chi connectivity index (χ0) is 13.7. The van der Waals surface area contributed by atoms with Crippen LogP contribution in [0.1, 0.15) is 0 Å². The lowest BCUT2D eigenvalue weighted by Gasteiger charge is -2.31. The van der Waals surface area contributed by atoms with Crippen LogP contribution in [0.15, 0.2) is 18.5 Å². The molecule has 1 atom stereocenters. The number of hydrogen-bond donors (Lipinski definition) is 2. The van der Waals surface area contributed by atoms with Gasteiger partial charge in [-0.1, -0.05) is 0 Å². The standard InChI is InChI=1S/C11H14N4O3S/c16-9(14-11-12-2-1-3-13-11)6-15-4-5-19-7-8(15)10(17)18/h1-3,8H,4-7H2,(H,17,18)(H,12,13,14,16). The predicted octanol–water partition coefficient (Wildman–Crippen LogP) is -0.0829. The lowest BCUT2D eigenvalue weighted by Crippen LogP contribution is -2.50. The lowest BCUT2D eigenvalue weighted by molar-refractivity contribution is -0.142. The zero-order valence-electron chi connectivity index (χ0n) is 10.2. The molecule has 8 heteroatoms. The number of carboxylic acid groups (broad SMARTS) is 1. The molecule has 1 aromatic rings. The predicted molar refractivity (Wildman–Crippen MR) is 71.0 cm³/mol. The highest BCUT2D eigenvalue weighted by Gasteiger charge is 2.30. The van der Waals surface area contributed by atoms with Crippen LogP contribution in [0.4, 0.5) is 5.95 Å². The number of amides is 1. The number of hydrogen-bond acceptors (Lipinski definition) is 6. The number of carbonyl (C=O) groups excluding carboxylic acids is 1. The number of nitrogens with zero attached hydrogens (tertiary/aromatic N) is 3. The number of carboxylic acids is 1. The van der Waals surface area contributed by atoms with Gasteiger partial charge in [0.15, 0.2) is 0 Å². The van der Waals surface area contributed by atoms with E-state index in [1.807, 2.05) is 0 Å². The molecule has 1 aromatic heterocycles. The second kappa shape index (κ2) is 6.48. The van der Waals surface area contributed by atoms with Crippen LogP contribution in [-0.4, -0.2) is 62.5 Å². The maximum Gasteiger partial charge on any atom is 0.321 e. The van der Waals surface area contributed by atoms with E-state index in [1.165, 1.54) is 12.4 Å². The van der Waals surface area contributed by atoms with Gasteiger partial charge < -0.3 is 5.11 Å². The first kappa shape index (κ1) is 13.8. The van der Waals surface area contributed by atoms with Crippen LogP contribution in [0, 0.1) is 0 Å². The van der Waals surface area contributed by atoms with Gasteiger partial charge in [0.25, 0.3) is 0 Å². The topological polar surface area (TPSA) is 95.4 Å². The third-order valence-electron chi connectivity index (χ3n) is 2.69. The highest BCUT2D eigenvalue weighted by molar-refractivity contribution is 7.99. The Morgan fingerprint density at radius 1 is 1.47 bits per heavy atom. The number of nitrogens with one attached hydrogen (secondary N) is 1. The van der Waals surface area contributed by atoms with E-state index in [-0.39, 0.29) is 18.4 Å². The van der Waals surface area contributed by atoms with E-state index in [0.29, 0.717) is 12.3 Å². The number of anilines is 1. The molecule has 102 valence electrons. The van der Waals surface area contributed by atoms with Crippen LogP contribution in [0.25, 0.3) is 0 Å². The van der Waals surface area contributed by atoms with E-state index in [2.05, 4.69) is 15.3 Å². The average molecular weight is 282 g/mol. The Morgan fingerprint density at radius 2 is 2.21 bits per heavy atom. The van der Waals surface area contributed by atoms with Crippen molar-refractivity contribution in [2.75, 3.05) is 29.9 Å². The molecular weight excluding hydrogens is 268 g/mol. The highest BCUT2D eigenvalue weighted by Crippen LogP contribution is 2.16. The van der Waals surface area contributed by atoms with Crippen LogP contribution in [-0.2, 0) is 9.59 Å². The molecule has 0 spiro atoms. The average Bonchev–Trinajstić information content (AvgIpc) is 2.40. The number of aliphatic carboxylic acids is 1. The molecule has 7 nitrogen and oxygen atoms in total. The molecule has 2 heterocycles. The number of rotatable bonds is 4. The fourth-order valence-corrected chi connectivity index (χ4v) is 2.87. The number of carbonyl (C=O) groups is 2. The minimum Gasteiger partial charge on any atom is -0.480 e. The smallest absolute Gasteiger partial charge is 0.321 e. The van der Waals surface area contributed by atoms with Gasteiger partial charge >= 0.3 is 5.97 Å². The van der Waals surface area contributed by atoms with Crippen molar-refractivity contribution in [1.29, 1.82) is 0 Å². The van der Waals surface area contributed by atoms with Crippen LogP contribution in [0.2, 0.25) is 0 Å². The maximum atomic E-state index is 11.8. The summed E-state index contributed by atoms with van der Waals surface area (Å²) in [6.45, 7) is 0.625. The Kier molecular flexibility index (Phi) is 4.69. The molecule has 1 amide bonds. The van der Waals surface area contributed by atoms with Crippen molar-refractivity contribution in [2.24, 2.45) is 0 Å².